The number of thiophene rings is 1. The highest BCUT2D eigenvalue weighted by atomic mass is 32.2. The summed E-state index contributed by atoms with van der Waals surface area (Å²) in [4.78, 5) is 5.33. The van der Waals surface area contributed by atoms with Gasteiger partial charge in [-0.05, 0) is 44.2 Å². The number of aromatic nitrogens is 1. The van der Waals surface area contributed by atoms with E-state index in [-0.39, 0.29) is 11.8 Å². The van der Waals surface area contributed by atoms with Crippen LogP contribution in [-0.4, -0.2) is 41.5 Å². The van der Waals surface area contributed by atoms with Crippen LogP contribution in [-0.2, 0) is 10.0 Å². The van der Waals surface area contributed by atoms with Gasteiger partial charge in [0.15, 0.2) is 0 Å². The van der Waals surface area contributed by atoms with Gasteiger partial charge in [0.25, 0.3) is 10.0 Å². The number of rotatable bonds is 4. The standard InChI is InChI=1S/C18H24N2O3S3/c1-3-18(21)8-4-5-13-9-20(10-14(13)18)26(22,23)17-7-6-16(25-17)15-11-24-12(2)19-15/h6-7,11,13-14,21H,3-5,8-10H2,1-2H3/t13-,14+,18-/m1/s1. The molecule has 5 nitrogen and oxygen atoms in total. The van der Waals surface area contributed by atoms with E-state index in [1.165, 1.54) is 11.3 Å². The maximum atomic E-state index is 13.2. The molecule has 4 rings (SSSR count). The van der Waals surface area contributed by atoms with Gasteiger partial charge in [-0.25, -0.2) is 13.4 Å². The Hall–Kier alpha value is -0.800. The Balaban J connectivity index is 1.59. The van der Waals surface area contributed by atoms with Crippen LogP contribution in [0.4, 0.5) is 0 Å². The van der Waals surface area contributed by atoms with Crippen molar-refractivity contribution in [3.63, 3.8) is 0 Å². The summed E-state index contributed by atoms with van der Waals surface area (Å²) in [6, 6.07) is 3.54. The van der Waals surface area contributed by atoms with Crippen LogP contribution in [0.15, 0.2) is 21.7 Å². The minimum atomic E-state index is -3.52. The molecule has 0 bridgehead atoms. The summed E-state index contributed by atoms with van der Waals surface area (Å²) >= 11 is 2.85. The van der Waals surface area contributed by atoms with E-state index in [0.29, 0.717) is 23.7 Å². The number of nitrogens with zero attached hydrogens (tertiary/aromatic N) is 2. The summed E-state index contributed by atoms with van der Waals surface area (Å²) in [5, 5.41) is 13.9. The quantitative estimate of drug-likeness (QED) is 0.830. The third-order valence-electron chi connectivity index (χ3n) is 5.94. The fraction of sp³-hybridized carbons (Fsp3) is 0.611. The lowest BCUT2D eigenvalue weighted by Gasteiger charge is -2.40. The molecule has 0 amide bonds. The molecule has 1 saturated heterocycles. The minimum Gasteiger partial charge on any atom is -0.390 e. The molecule has 3 heterocycles. The van der Waals surface area contributed by atoms with E-state index in [4.69, 9.17) is 0 Å². The van der Waals surface area contributed by atoms with E-state index in [1.807, 2.05) is 25.3 Å². The number of aryl methyl sites for hydroxylation is 1. The van der Waals surface area contributed by atoms with Crippen molar-refractivity contribution in [1.29, 1.82) is 0 Å². The van der Waals surface area contributed by atoms with Crippen LogP contribution < -0.4 is 0 Å². The highest BCUT2D eigenvalue weighted by molar-refractivity contribution is 7.91. The Kier molecular flexibility index (Phi) is 4.76. The number of aliphatic hydroxyl groups is 1. The minimum absolute atomic E-state index is 0.0525. The van der Waals surface area contributed by atoms with Gasteiger partial charge in [-0.2, -0.15) is 4.31 Å². The van der Waals surface area contributed by atoms with Crippen molar-refractivity contribution in [1.82, 2.24) is 9.29 Å². The van der Waals surface area contributed by atoms with E-state index in [1.54, 1.807) is 21.7 Å². The van der Waals surface area contributed by atoms with E-state index in [2.05, 4.69) is 4.98 Å². The molecule has 3 atom stereocenters. The van der Waals surface area contributed by atoms with Gasteiger partial charge in [0, 0.05) is 24.4 Å². The normalized spacial score (nSPS) is 29.8. The average Bonchev–Trinajstić information content (AvgIpc) is 3.33. The predicted octanol–water partition coefficient (Wildman–Crippen LogP) is 3.74. The first-order valence-corrected chi connectivity index (χ1v) is 12.2. The first-order chi connectivity index (χ1) is 12.3. The van der Waals surface area contributed by atoms with Gasteiger partial charge in [-0.1, -0.05) is 13.3 Å². The number of hydrogen-bond acceptors (Lipinski definition) is 6. The Labute approximate surface area is 162 Å². The second-order valence-electron chi connectivity index (χ2n) is 7.41. The summed E-state index contributed by atoms with van der Waals surface area (Å²) in [6.45, 7) is 4.90. The lowest BCUT2D eigenvalue weighted by Crippen LogP contribution is -2.44. The predicted molar refractivity (Wildman–Crippen MR) is 105 cm³/mol. The van der Waals surface area contributed by atoms with Crippen molar-refractivity contribution in [2.24, 2.45) is 11.8 Å². The molecule has 1 aliphatic carbocycles. The lowest BCUT2D eigenvalue weighted by molar-refractivity contribution is -0.0605. The molecule has 2 aromatic rings. The molecule has 1 aliphatic heterocycles. The van der Waals surface area contributed by atoms with Gasteiger partial charge in [-0.15, -0.1) is 22.7 Å². The Morgan fingerprint density at radius 2 is 2.19 bits per heavy atom. The smallest absolute Gasteiger partial charge is 0.252 e. The number of fused-ring (bicyclic) bond motifs is 1. The van der Waals surface area contributed by atoms with Crippen LogP contribution in [0.1, 0.15) is 37.6 Å². The molecule has 0 unspecified atom stereocenters. The summed E-state index contributed by atoms with van der Waals surface area (Å²) in [5.74, 6) is 0.320. The van der Waals surface area contributed by atoms with Crippen molar-refractivity contribution >= 4 is 32.7 Å². The Morgan fingerprint density at radius 1 is 1.38 bits per heavy atom. The highest BCUT2D eigenvalue weighted by Gasteiger charge is 2.50. The van der Waals surface area contributed by atoms with E-state index in [0.717, 1.165) is 34.8 Å². The first kappa shape index (κ1) is 18.6. The van der Waals surface area contributed by atoms with Crippen molar-refractivity contribution < 1.29 is 13.5 Å². The van der Waals surface area contributed by atoms with Crippen LogP contribution in [0, 0.1) is 18.8 Å². The number of thiazole rings is 1. The SMILES string of the molecule is CC[C@@]1(O)CCC[C@@H]2CN(S(=O)(=O)c3ccc(-c4csc(C)n4)s3)C[C@@H]21. The van der Waals surface area contributed by atoms with Crippen molar-refractivity contribution in [2.45, 2.75) is 49.3 Å². The lowest BCUT2D eigenvalue weighted by atomic mass is 9.69. The molecule has 0 radical (unpaired) electrons. The second kappa shape index (κ2) is 6.67. The molecule has 2 aliphatic rings. The molecule has 0 spiro atoms. The van der Waals surface area contributed by atoms with Crippen molar-refractivity contribution in [3.05, 3.63) is 22.5 Å². The monoisotopic (exact) mass is 412 g/mol. The fourth-order valence-electron chi connectivity index (χ4n) is 4.42. The molecular weight excluding hydrogens is 388 g/mol. The van der Waals surface area contributed by atoms with Crippen LogP contribution >= 0.6 is 22.7 Å². The summed E-state index contributed by atoms with van der Waals surface area (Å²) in [7, 11) is -3.52. The zero-order valence-corrected chi connectivity index (χ0v) is 17.5. The van der Waals surface area contributed by atoms with Crippen LogP contribution in [0.2, 0.25) is 0 Å². The molecule has 0 aromatic carbocycles. The van der Waals surface area contributed by atoms with Gasteiger partial charge in [0.05, 0.1) is 21.2 Å². The van der Waals surface area contributed by atoms with Crippen LogP contribution in [0.5, 0.6) is 0 Å². The number of hydrogen-bond donors (Lipinski definition) is 1. The molecule has 2 aromatic heterocycles. The second-order valence-corrected chi connectivity index (χ2v) is 11.7. The maximum Gasteiger partial charge on any atom is 0.252 e. The molecule has 1 saturated carbocycles. The molecule has 8 heteroatoms. The Bertz CT molecular complexity index is 904. The first-order valence-electron chi connectivity index (χ1n) is 9.08. The summed E-state index contributed by atoms with van der Waals surface area (Å²) < 4.78 is 28.3. The molecule has 142 valence electrons. The largest absolute Gasteiger partial charge is 0.390 e. The van der Waals surface area contributed by atoms with Crippen molar-refractivity contribution in [2.75, 3.05) is 13.1 Å². The van der Waals surface area contributed by atoms with Crippen LogP contribution in [0.3, 0.4) is 0 Å². The van der Waals surface area contributed by atoms with E-state index >= 15 is 0 Å². The average molecular weight is 413 g/mol. The van der Waals surface area contributed by atoms with Gasteiger partial charge < -0.3 is 5.11 Å². The zero-order valence-electron chi connectivity index (χ0n) is 15.0. The zero-order chi connectivity index (χ0) is 18.5. The summed E-state index contributed by atoms with van der Waals surface area (Å²) in [5.41, 5.74) is 0.126. The Morgan fingerprint density at radius 3 is 2.88 bits per heavy atom. The maximum absolute atomic E-state index is 13.2. The van der Waals surface area contributed by atoms with Gasteiger partial charge >= 0.3 is 0 Å². The van der Waals surface area contributed by atoms with Gasteiger partial charge in [-0.3, -0.25) is 0 Å². The van der Waals surface area contributed by atoms with Crippen LogP contribution in [0.25, 0.3) is 10.6 Å². The van der Waals surface area contributed by atoms with Gasteiger partial charge in [0.2, 0.25) is 0 Å². The van der Waals surface area contributed by atoms with Gasteiger partial charge in [0.1, 0.15) is 4.21 Å². The highest BCUT2D eigenvalue weighted by Crippen LogP contribution is 2.46. The molecule has 2 fully saturated rings. The molecule has 26 heavy (non-hydrogen) atoms. The third-order valence-corrected chi connectivity index (χ3v) is 10.1. The topological polar surface area (TPSA) is 70.5 Å². The molecular formula is C18H24N2O3S3. The number of sulfonamides is 1. The molecule has 1 N–H and O–H groups in total. The summed E-state index contributed by atoms with van der Waals surface area (Å²) in [6.07, 6.45) is 3.46. The van der Waals surface area contributed by atoms with E-state index in [9.17, 15) is 13.5 Å². The van der Waals surface area contributed by atoms with Crippen molar-refractivity contribution in [3.8, 4) is 10.6 Å². The third kappa shape index (κ3) is 3.05. The fourth-order valence-corrected chi connectivity index (χ4v) is 8.06. The van der Waals surface area contributed by atoms with E-state index < -0.39 is 15.6 Å².